The van der Waals surface area contributed by atoms with E-state index in [1.54, 1.807) is 0 Å². The molecule has 3 amide bonds. The Morgan fingerprint density at radius 2 is 1.90 bits per heavy atom. The largest absolute Gasteiger partial charge is 0.352 e. The van der Waals surface area contributed by atoms with Crippen molar-refractivity contribution < 1.29 is 9.59 Å². The molecule has 0 aromatic carbocycles. The number of unbranched alkanes of at least 4 members (excludes halogenated alkanes) is 1. The van der Waals surface area contributed by atoms with E-state index in [1.807, 2.05) is 11.8 Å². The molecule has 0 saturated carbocycles. The maximum absolute atomic E-state index is 12.4. The Labute approximate surface area is 133 Å². The molecule has 7 heteroatoms. The lowest BCUT2D eigenvalue weighted by molar-refractivity contribution is -0.134. The van der Waals surface area contributed by atoms with Crippen molar-refractivity contribution >= 4 is 24.3 Å². The molecule has 0 radical (unpaired) electrons. The van der Waals surface area contributed by atoms with Gasteiger partial charge in [-0.05, 0) is 32.1 Å². The van der Waals surface area contributed by atoms with Gasteiger partial charge in [0, 0.05) is 19.1 Å². The fraction of sp³-hybridized carbons (Fsp3) is 0.857. The number of likely N-dealkylation sites (tertiary alicyclic amines) is 1. The first-order valence-electron chi connectivity index (χ1n) is 7.56. The van der Waals surface area contributed by atoms with Gasteiger partial charge in [-0.25, -0.2) is 4.79 Å². The standard InChI is InChI=1S/C14H28N4O2.ClH/c1-3-4-5-12(17-14(16)20)13(19)18-8-6-11(7-9-18)10(2)15;/h10-12H,3-9,15H2,1-2H3,(H3,16,17,20);1H. The zero-order valence-corrected chi connectivity index (χ0v) is 13.8. The smallest absolute Gasteiger partial charge is 0.312 e. The number of hydrogen-bond acceptors (Lipinski definition) is 3. The highest BCUT2D eigenvalue weighted by atomic mass is 35.5. The van der Waals surface area contributed by atoms with Crippen molar-refractivity contribution in [1.82, 2.24) is 10.2 Å². The highest BCUT2D eigenvalue weighted by Gasteiger charge is 2.29. The summed E-state index contributed by atoms with van der Waals surface area (Å²) in [7, 11) is 0. The number of primary amides is 1. The minimum absolute atomic E-state index is 0. The summed E-state index contributed by atoms with van der Waals surface area (Å²) in [5.74, 6) is 0.470. The molecule has 0 aromatic rings. The highest BCUT2D eigenvalue weighted by molar-refractivity contribution is 5.86. The summed E-state index contributed by atoms with van der Waals surface area (Å²) in [4.78, 5) is 25.3. The highest BCUT2D eigenvalue weighted by Crippen LogP contribution is 2.20. The number of nitrogens with one attached hydrogen (secondary N) is 1. The van der Waals surface area contributed by atoms with E-state index in [2.05, 4.69) is 12.2 Å². The van der Waals surface area contributed by atoms with Gasteiger partial charge >= 0.3 is 6.03 Å². The van der Waals surface area contributed by atoms with Crippen molar-refractivity contribution in [3.05, 3.63) is 0 Å². The Hall–Kier alpha value is -1.01. The average molecular weight is 321 g/mol. The van der Waals surface area contributed by atoms with Gasteiger partial charge in [-0.1, -0.05) is 19.8 Å². The van der Waals surface area contributed by atoms with Crippen LogP contribution in [0.5, 0.6) is 0 Å². The minimum Gasteiger partial charge on any atom is -0.352 e. The zero-order valence-electron chi connectivity index (χ0n) is 13.0. The summed E-state index contributed by atoms with van der Waals surface area (Å²) >= 11 is 0. The Morgan fingerprint density at radius 3 is 2.33 bits per heavy atom. The molecule has 1 rings (SSSR count). The van der Waals surface area contributed by atoms with E-state index in [4.69, 9.17) is 11.5 Å². The van der Waals surface area contributed by atoms with Crippen LogP contribution in [0.15, 0.2) is 0 Å². The maximum atomic E-state index is 12.4. The molecule has 2 unspecified atom stereocenters. The number of halogens is 1. The van der Waals surface area contributed by atoms with E-state index in [1.165, 1.54) is 0 Å². The second-order valence-electron chi connectivity index (χ2n) is 5.73. The van der Waals surface area contributed by atoms with E-state index in [-0.39, 0.29) is 24.4 Å². The van der Waals surface area contributed by atoms with Gasteiger partial charge < -0.3 is 21.7 Å². The first-order valence-corrected chi connectivity index (χ1v) is 7.56. The fourth-order valence-corrected chi connectivity index (χ4v) is 2.70. The van der Waals surface area contributed by atoms with Gasteiger partial charge in [-0.15, -0.1) is 12.4 Å². The first-order chi connectivity index (χ1) is 9.45. The van der Waals surface area contributed by atoms with Gasteiger partial charge in [0.2, 0.25) is 5.91 Å². The number of carbonyl (C=O) groups excluding carboxylic acids is 2. The minimum atomic E-state index is -0.634. The normalized spacial score (nSPS) is 18.5. The molecule has 0 spiro atoms. The molecular formula is C14H29ClN4O2. The molecule has 0 aliphatic carbocycles. The monoisotopic (exact) mass is 320 g/mol. The van der Waals surface area contributed by atoms with Crippen LogP contribution in [-0.4, -0.2) is 42.0 Å². The van der Waals surface area contributed by atoms with Crippen LogP contribution in [0.25, 0.3) is 0 Å². The van der Waals surface area contributed by atoms with E-state index in [0.717, 1.165) is 25.7 Å². The van der Waals surface area contributed by atoms with Gasteiger partial charge in [0.15, 0.2) is 0 Å². The number of piperidine rings is 1. The second-order valence-corrected chi connectivity index (χ2v) is 5.73. The Kier molecular flexibility index (Phi) is 9.37. The number of urea groups is 1. The van der Waals surface area contributed by atoms with Gasteiger partial charge in [0.1, 0.15) is 6.04 Å². The van der Waals surface area contributed by atoms with Crippen LogP contribution in [0.1, 0.15) is 46.0 Å². The maximum Gasteiger partial charge on any atom is 0.312 e. The van der Waals surface area contributed by atoms with Crippen molar-refractivity contribution in [3.8, 4) is 0 Å². The Morgan fingerprint density at radius 1 is 1.33 bits per heavy atom. The number of rotatable bonds is 6. The molecule has 1 aliphatic heterocycles. The van der Waals surface area contributed by atoms with Crippen molar-refractivity contribution in [2.45, 2.75) is 58.0 Å². The first kappa shape index (κ1) is 20.0. The molecular weight excluding hydrogens is 292 g/mol. The Balaban J connectivity index is 0.00000400. The van der Waals surface area contributed by atoms with E-state index >= 15 is 0 Å². The third kappa shape index (κ3) is 6.52. The van der Waals surface area contributed by atoms with Crippen LogP contribution in [0.3, 0.4) is 0 Å². The number of nitrogens with two attached hydrogens (primary N) is 2. The summed E-state index contributed by atoms with van der Waals surface area (Å²) in [6.45, 7) is 5.50. The van der Waals surface area contributed by atoms with Gasteiger partial charge in [0.05, 0.1) is 0 Å². The summed E-state index contributed by atoms with van der Waals surface area (Å²) in [6, 6.07) is -0.948. The lowest BCUT2D eigenvalue weighted by atomic mass is 9.90. The molecule has 1 aliphatic rings. The van der Waals surface area contributed by atoms with Crippen molar-refractivity contribution in [3.63, 3.8) is 0 Å². The molecule has 1 saturated heterocycles. The Bertz CT molecular complexity index is 331. The lowest BCUT2D eigenvalue weighted by Gasteiger charge is -2.35. The van der Waals surface area contributed by atoms with Crippen molar-refractivity contribution in [1.29, 1.82) is 0 Å². The average Bonchev–Trinajstić information content (AvgIpc) is 2.42. The SMILES string of the molecule is CCCCC(NC(N)=O)C(=O)N1CCC(C(C)N)CC1.Cl. The van der Waals surface area contributed by atoms with Crippen LogP contribution in [-0.2, 0) is 4.79 Å². The van der Waals surface area contributed by atoms with Gasteiger partial charge in [-0.2, -0.15) is 0 Å². The number of nitrogens with zero attached hydrogens (tertiary/aromatic N) is 1. The molecule has 6 nitrogen and oxygen atoms in total. The predicted octanol–water partition coefficient (Wildman–Crippen LogP) is 1.22. The van der Waals surface area contributed by atoms with E-state index < -0.39 is 12.1 Å². The fourth-order valence-electron chi connectivity index (χ4n) is 2.70. The molecule has 5 N–H and O–H groups in total. The number of hydrogen-bond donors (Lipinski definition) is 3. The molecule has 0 aromatic heterocycles. The zero-order chi connectivity index (χ0) is 15.1. The molecule has 21 heavy (non-hydrogen) atoms. The topological polar surface area (TPSA) is 101 Å². The summed E-state index contributed by atoms with van der Waals surface area (Å²) in [5.41, 5.74) is 11.1. The second kappa shape index (κ2) is 9.84. The van der Waals surface area contributed by atoms with Gasteiger partial charge in [0.25, 0.3) is 0 Å². The van der Waals surface area contributed by atoms with Crippen molar-refractivity contribution in [2.75, 3.05) is 13.1 Å². The third-order valence-electron chi connectivity index (χ3n) is 4.06. The molecule has 124 valence electrons. The number of carbonyl (C=O) groups is 2. The summed E-state index contributed by atoms with van der Waals surface area (Å²) in [6.07, 6.45) is 4.39. The quantitative estimate of drug-likeness (QED) is 0.685. The molecule has 2 atom stereocenters. The van der Waals surface area contributed by atoms with Crippen LogP contribution in [0.2, 0.25) is 0 Å². The van der Waals surface area contributed by atoms with Crippen molar-refractivity contribution in [2.24, 2.45) is 17.4 Å². The van der Waals surface area contributed by atoms with Crippen LogP contribution in [0, 0.1) is 5.92 Å². The third-order valence-corrected chi connectivity index (χ3v) is 4.06. The molecule has 1 fully saturated rings. The van der Waals surface area contributed by atoms with Gasteiger partial charge in [-0.3, -0.25) is 4.79 Å². The van der Waals surface area contributed by atoms with Crippen LogP contribution < -0.4 is 16.8 Å². The molecule has 1 heterocycles. The molecule has 0 bridgehead atoms. The van der Waals surface area contributed by atoms with E-state index in [9.17, 15) is 9.59 Å². The lowest BCUT2D eigenvalue weighted by Crippen LogP contribution is -2.52. The van der Waals surface area contributed by atoms with Crippen LogP contribution >= 0.6 is 12.4 Å². The predicted molar refractivity (Wildman–Crippen MR) is 86.2 cm³/mol. The van der Waals surface area contributed by atoms with Crippen LogP contribution in [0.4, 0.5) is 4.79 Å². The summed E-state index contributed by atoms with van der Waals surface area (Å²) < 4.78 is 0. The van der Waals surface area contributed by atoms with E-state index in [0.29, 0.717) is 25.4 Å². The summed E-state index contributed by atoms with van der Waals surface area (Å²) in [5, 5.41) is 2.57. The number of amides is 3.